The van der Waals surface area contributed by atoms with Crippen molar-refractivity contribution in [2.75, 3.05) is 39.7 Å². The molecule has 4 rings (SSSR count). The van der Waals surface area contributed by atoms with Crippen LogP contribution in [-0.4, -0.2) is 50.1 Å². The lowest BCUT2D eigenvalue weighted by Gasteiger charge is -2.25. The van der Waals surface area contributed by atoms with Gasteiger partial charge < -0.3 is 24.8 Å². The van der Waals surface area contributed by atoms with Gasteiger partial charge in [0.2, 0.25) is 5.75 Å². The fourth-order valence-electron chi connectivity index (χ4n) is 4.61. The van der Waals surface area contributed by atoms with Gasteiger partial charge in [0.15, 0.2) is 11.5 Å². The molecule has 3 aromatic rings. The van der Waals surface area contributed by atoms with Gasteiger partial charge in [0, 0.05) is 23.7 Å². The first kappa shape index (κ1) is 23.6. The molecule has 1 fully saturated rings. The molecule has 2 heterocycles. The van der Waals surface area contributed by atoms with Crippen LogP contribution >= 0.6 is 0 Å². The Labute approximate surface area is 200 Å². The highest BCUT2D eigenvalue weighted by Gasteiger charge is 2.28. The number of methoxy groups -OCH3 is 3. The van der Waals surface area contributed by atoms with Crippen molar-refractivity contribution in [1.29, 1.82) is 0 Å². The first-order chi connectivity index (χ1) is 16.5. The predicted octanol–water partition coefficient (Wildman–Crippen LogP) is 4.23. The Morgan fingerprint density at radius 3 is 2.29 bits per heavy atom. The monoisotopic (exact) mass is 464 g/mol. The van der Waals surface area contributed by atoms with E-state index in [2.05, 4.69) is 47.8 Å². The minimum Gasteiger partial charge on any atom is -0.493 e. The van der Waals surface area contributed by atoms with Gasteiger partial charge >= 0.3 is 0 Å². The average molecular weight is 465 g/mol. The molecule has 2 N–H and O–H groups in total. The normalized spacial score (nSPS) is 14.0. The maximum absolute atomic E-state index is 13.5. The number of hydrogen-bond acceptors (Lipinski definition) is 6. The third-order valence-corrected chi connectivity index (χ3v) is 6.28. The summed E-state index contributed by atoms with van der Waals surface area (Å²) in [5, 5.41) is 11.1. The minimum absolute atomic E-state index is 0.223. The second kappa shape index (κ2) is 10.2. The van der Waals surface area contributed by atoms with Gasteiger partial charge in [-0.05, 0) is 51.4 Å². The van der Waals surface area contributed by atoms with Crippen LogP contribution in [0.25, 0.3) is 5.69 Å². The Morgan fingerprint density at radius 2 is 1.71 bits per heavy atom. The number of carbonyl (C=O) groups is 1. The largest absolute Gasteiger partial charge is 0.493 e. The van der Waals surface area contributed by atoms with Crippen molar-refractivity contribution in [3.63, 3.8) is 0 Å². The number of aryl methyl sites for hydroxylation is 2. The first-order valence-electron chi connectivity index (χ1n) is 11.4. The number of nitrogens with zero attached hydrogens (tertiary/aromatic N) is 2. The lowest BCUT2D eigenvalue weighted by atomic mass is 9.91. The Hall–Kier alpha value is -3.52. The summed E-state index contributed by atoms with van der Waals surface area (Å²) < 4.78 is 18.2. The van der Waals surface area contributed by atoms with Gasteiger partial charge in [-0.1, -0.05) is 17.7 Å². The molecule has 0 saturated carbocycles. The number of rotatable bonds is 7. The van der Waals surface area contributed by atoms with Crippen LogP contribution in [0.4, 0.5) is 5.69 Å². The average Bonchev–Trinajstić information content (AvgIpc) is 3.29. The van der Waals surface area contributed by atoms with Crippen LogP contribution in [0.3, 0.4) is 0 Å². The third-order valence-electron chi connectivity index (χ3n) is 6.28. The maximum Gasteiger partial charge on any atom is 0.259 e. The Balaban J connectivity index is 1.74. The van der Waals surface area contributed by atoms with Gasteiger partial charge in [0.05, 0.1) is 44.5 Å². The zero-order valence-electron chi connectivity index (χ0n) is 20.4. The molecule has 2 aromatic carbocycles. The summed E-state index contributed by atoms with van der Waals surface area (Å²) >= 11 is 0. The molecule has 1 aliphatic rings. The summed E-state index contributed by atoms with van der Waals surface area (Å²) in [4.78, 5) is 13.5. The van der Waals surface area contributed by atoms with Crippen molar-refractivity contribution < 1.29 is 19.0 Å². The quantitative estimate of drug-likeness (QED) is 0.544. The van der Waals surface area contributed by atoms with Gasteiger partial charge in [0.1, 0.15) is 0 Å². The van der Waals surface area contributed by atoms with Gasteiger partial charge in [0.25, 0.3) is 5.91 Å². The molecule has 0 spiro atoms. The maximum atomic E-state index is 13.5. The van der Waals surface area contributed by atoms with Crippen molar-refractivity contribution >= 4 is 11.6 Å². The van der Waals surface area contributed by atoms with E-state index >= 15 is 0 Å². The van der Waals surface area contributed by atoms with Crippen LogP contribution < -0.4 is 24.8 Å². The SMILES string of the molecule is COc1cc(NC(=O)c2cnn(-c3ccc(C)cc3C)c2C2CCNCC2)cc(OC)c1OC. The van der Waals surface area contributed by atoms with Crippen molar-refractivity contribution in [1.82, 2.24) is 15.1 Å². The standard InChI is InChI=1S/C26H32N4O4/c1-16-6-7-21(17(2)12-16)30-24(18-8-10-27-11-9-18)20(15-28-30)26(31)29-19-13-22(32-3)25(34-5)23(14-19)33-4/h6-7,12-15,18,27H,8-11H2,1-5H3,(H,29,31). The molecule has 1 aromatic heterocycles. The molecule has 0 atom stereocenters. The van der Waals surface area contributed by atoms with E-state index in [-0.39, 0.29) is 11.8 Å². The van der Waals surface area contributed by atoms with Crippen LogP contribution in [0.1, 0.15) is 45.9 Å². The molecule has 0 bridgehead atoms. The number of nitrogens with one attached hydrogen (secondary N) is 2. The van der Waals surface area contributed by atoms with Crippen LogP contribution in [-0.2, 0) is 0 Å². The number of piperidine rings is 1. The highest BCUT2D eigenvalue weighted by atomic mass is 16.5. The second-order valence-corrected chi connectivity index (χ2v) is 8.54. The molecular formula is C26H32N4O4. The van der Waals surface area contributed by atoms with Gasteiger partial charge in [-0.15, -0.1) is 0 Å². The lowest BCUT2D eigenvalue weighted by molar-refractivity contribution is 0.102. The molecule has 1 aliphatic heterocycles. The van der Waals surface area contributed by atoms with Crippen molar-refractivity contribution in [3.8, 4) is 22.9 Å². The first-order valence-corrected chi connectivity index (χ1v) is 11.4. The van der Waals surface area contributed by atoms with E-state index in [0.717, 1.165) is 42.9 Å². The Bertz CT molecular complexity index is 1160. The number of benzene rings is 2. The van der Waals surface area contributed by atoms with Gasteiger partial charge in [-0.3, -0.25) is 4.79 Å². The number of hydrogen-bond donors (Lipinski definition) is 2. The van der Waals surface area contributed by atoms with Crippen molar-refractivity contribution in [3.05, 3.63) is 58.9 Å². The van der Waals surface area contributed by atoms with Crippen LogP contribution in [0, 0.1) is 13.8 Å². The summed E-state index contributed by atoms with van der Waals surface area (Å²) in [6, 6.07) is 9.73. The molecule has 1 saturated heterocycles. The number of ether oxygens (including phenoxy) is 3. The zero-order chi connectivity index (χ0) is 24.2. The van der Waals surface area contributed by atoms with Crippen molar-refractivity contribution in [2.45, 2.75) is 32.6 Å². The van der Waals surface area contributed by atoms with E-state index in [1.165, 1.54) is 5.56 Å². The number of aromatic nitrogens is 2. The smallest absolute Gasteiger partial charge is 0.259 e. The summed E-state index contributed by atoms with van der Waals surface area (Å²) in [5.41, 5.74) is 5.37. The third kappa shape index (κ3) is 4.59. The van der Waals surface area contributed by atoms with Crippen LogP contribution in [0.5, 0.6) is 17.2 Å². The number of anilines is 1. The molecule has 8 heteroatoms. The Morgan fingerprint density at radius 1 is 1.03 bits per heavy atom. The fraction of sp³-hybridized carbons (Fsp3) is 0.385. The second-order valence-electron chi connectivity index (χ2n) is 8.54. The summed E-state index contributed by atoms with van der Waals surface area (Å²) in [7, 11) is 4.64. The molecule has 0 radical (unpaired) electrons. The Kier molecular flexibility index (Phi) is 7.07. The zero-order valence-corrected chi connectivity index (χ0v) is 20.4. The van der Waals surface area contributed by atoms with Crippen molar-refractivity contribution in [2.24, 2.45) is 0 Å². The highest BCUT2D eigenvalue weighted by molar-refractivity contribution is 6.05. The van der Waals surface area contributed by atoms with E-state index in [1.807, 2.05) is 4.68 Å². The molecule has 34 heavy (non-hydrogen) atoms. The fourth-order valence-corrected chi connectivity index (χ4v) is 4.61. The van der Waals surface area contributed by atoms with Gasteiger partial charge in [-0.25, -0.2) is 4.68 Å². The predicted molar refractivity (Wildman–Crippen MR) is 132 cm³/mol. The number of amides is 1. The van der Waals surface area contributed by atoms with E-state index in [4.69, 9.17) is 14.2 Å². The summed E-state index contributed by atoms with van der Waals surface area (Å²) in [6.45, 7) is 5.98. The molecule has 1 amide bonds. The summed E-state index contributed by atoms with van der Waals surface area (Å²) in [5.74, 6) is 1.42. The van der Waals surface area contributed by atoms with Gasteiger partial charge in [-0.2, -0.15) is 5.10 Å². The van der Waals surface area contributed by atoms with E-state index in [0.29, 0.717) is 28.5 Å². The molecule has 180 valence electrons. The van der Waals surface area contributed by atoms with E-state index in [1.54, 1.807) is 39.7 Å². The van der Waals surface area contributed by atoms with Crippen LogP contribution in [0.15, 0.2) is 36.5 Å². The molecule has 0 unspecified atom stereocenters. The number of carbonyl (C=O) groups excluding carboxylic acids is 1. The molecule has 8 nitrogen and oxygen atoms in total. The molecule has 0 aliphatic carbocycles. The lowest BCUT2D eigenvalue weighted by Crippen LogP contribution is -2.29. The summed E-state index contributed by atoms with van der Waals surface area (Å²) in [6.07, 6.45) is 3.56. The highest BCUT2D eigenvalue weighted by Crippen LogP contribution is 2.40. The van der Waals surface area contributed by atoms with Crippen LogP contribution in [0.2, 0.25) is 0 Å². The van der Waals surface area contributed by atoms with E-state index < -0.39 is 0 Å². The minimum atomic E-state index is -0.223. The van der Waals surface area contributed by atoms with E-state index in [9.17, 15) is 4.79 Å². The topological polar surface area (TPSA) is 86.6 Å². The molecular weight excluding hydrogens is 432 g/mol.